The van der Waals surface area contributed by atoms with Crippen LogP contribution in [0.3, 0.4) is 0 Å². The van der Waals surface area contributed by atoms with Crippen LogP contribution in [0.2, 0.25) is 0 Å². The molecule has 0 aromatic carbocycles. The predicted octanol–water partition coefficient (Wildman–Crippen LogP) is 0.661. The number of amides is 2. The zero-order valence-corrected chi connectivity index (χ0v) is 16.1. The molecular weight excluding hydrogens is 342 g/mol. The number of halogens is 1. The lowest BCUT2D eigenvalue weighted by Gasteiger charge is -2.32. The number of carbonyl (C=O) groups excluding carboxylic acids is 2. The maximum atomic E-state index is 12.7. The molecule has 1 aromatic rings. The monoisotopic (exact) mass is 369 g/mol. The van der Waals surface area contributed by atoms with Crippen molar-refractivity contribution < 1.29 is 9.59 Å². The highest BCUT2D eigenvalue weighted by Crippen LogP contribution is 2.29. The lowest BCUT2D eigenvalue weighted by atomic mass is 9.90. The fraction of sp³-hybridized carbons (Fsp3) is 0.706. The van der Waals surface area contributed by atoms with Crippen molar-refractivity contribution in [2.75, 3.05) is 19.6 Å². The summed E-state index contributed by atoms with van der Waals surface area (Å²) in [5, 5.41) is 10.6. The zero-order valence-electron chi connectivity index (χ0n) is 15.3. The number of hydrogen-bond donors (Lipinski definition) is 2. The van der Waals surface area contributed by atoms with Gasteiger partial charge in [-0.1, -0.05) is 0 Å². The summed E-state index contributed by atoms with van der Waals surface area (Å²) in [6, 6.07) is -0.0978. The highest BCUT2D eigenvalue weighted by atomic mass is 35.5. The van der Waals surface area contributed by atoms with Gasteiger partial charge in [0.25, 0.3) is 0 Å². The number of hydrogen-bond acceptors (Lipinski definition) is 4. The number of likely N-dealkylation sites (tertiary alicyclic amines) is 1. The van der Waals surface area contributed by atoms with Crippen LogP contribution >= 0.6 is 12.4 Å². The van der Waals surface area contributed by atoms with Gasteiger partial charge in [0.15, 0.2) is 0 Å². The van der Waals surface area contributed by atoms with Gasteiger partial charge in [-0.2, -0.15) is 5.10 Å². The number of carbonyl (C=O) groups is 2. The summed E-state index contributed by atoms with van der Waals surface area (Å²) in [5.41, 5.74) is 0.880. The van der Waals surface area contributed by atoms with Crippen LogP contribution in [0.25, 0.3) is 0 Å². The third-order valence-electron chi connectivity index (χ3n) is 4.99. The zero-order chi connectivity index (χ0) is 17.5. The summed E-state index contributed by atoms with van der Waals surface area (Å²) in [4.78, 5) is 26.8. The third-order valence-corrected chi connectivity index (χ3v) is 4.99. The van der Waals surface area contributed by atoms with Gasteiger partial charge in [-0.05, 0) is 26.3 Å². The van der Waals surface area contributed by atoms with E-state index in [0.29, 0.717) is 19.5 Å². The van der Waals surface area contributed by atoms with Crippen LogP contribution < -0.4 is 10.6 Å². The summed E-state index contributed by atoms with van der Waals surface area (Å²) in [5.74, 6) is 0.158. The molecule has 2 fully saturated rings. The highest BCUT2D eigenvalue weighted by molar-refractivity contribution is 5.85. The molecule has 0 radical (unpaired) electrons. The molecule has 0 aliphatic carbocycles. The van der Waals surface area contributed by atoms with Crippen molar-refractivity contribution in [1.82, 2.24) is 25.3 Å². The Hall–Kier alpha value is -1.60. The molecule has 2 N–H and O–H groups in total. The van der Waals surface area contributed by atoms with Crippen molar-refractivity contribution in [3.05, 3.63) is 18.0 Å². The molecule has 2 amide bonds. The highest BCUT2D eigenvalue weighted by Gasteiger charge is 2.40. The lowest BCUT2D eigenvalue weighted by Crippen LogP contribution is -2.46. The molecule has 3 heterocycles. The molecule has 2 aliphatic heterocycles. The van der Waals surface area contributed by atoms with Gasteiger partial charge in [0, 0.05) is 50.8 Å². The third kappa shape index (κ3) is 4.15. The first-order chi connectivity index (χ1) is 11.3. The Morgan fingerprint density at radius 2 is 2.08 bits per heavy atom. The van der Waals surface area contributed by atoms with E-state index in [-0.39, 0.29) is 47.6 Å². The van der Waals surface area contributed by atoms with Gasteiger partial charge in [-0.3, -0.25) is 14.3 Å². The van der Waals surface area contributed by atoms with E-state index < -0.39 is 0 Å². The van der Waals surface area contributed by atoms with Gasteiger partial charge in [0.2, 0.25) is 11.8 Å². The summed E-state index contributed by atoms with van der Waals surface area (Å²) in [6.45, 7) is 8.10. The van der Waals surface area contributed by atoms with Crippen molar-refractivity contribution in [3.8, 4) is 0 Å². The van der Waals surface area contributed by atoms with Crippen molar-refractivity contribution >= 4 is 24.2 Å². The fourth-order valence-corrected chi connectivity index (χ4v) is 3.70. The topological polar surface area (TPSA) is 79.3 Å². The van der Waals surface area contributed by atoms with E-state index in [9.17, 15) is 9.59 Å². The largest absolute Gasteiger partial charge is 0.351 e. The minimum Gasteiger partial charge on any atom is -0.351 e. The molecule has 140 valence electrons. The Morgan fingerprint density at radius 3 is 2.64 bits per heavy atom. The minimum atomic E-state index is -0.205. The summed E-state index contributed by atoms with van der Waals surface area (Å²) in [6.07, 6.45) is 4.19. The second-order valence-electron chi connectivity index (χ2n) is 7.90. The number of aryl methyl sites for hydroxylation is 1. The van der Waals surface area contributed by atoms with Crippen molar-refractivity contribution in [1.29, 1.82) is 0 Å². The van der Waals surface area contributed by atoms with E-state index in [0.717, 1.165) is 12.1 Å². The molecule has 0 spiro atoms. The number of nitrogens with zero attached hydrogens (tertiary/aromatic N) is 3. The molecule has 25 heavy (non-hydrogen) atoms. The van der Waals surface area contributed by atoms with E-state index in [1.54, 1.807) is 4.68 Å². The summed E-state index contributed by atoms with van der Waals surface area (Å²) < 4.78 is 1.76. The van der Waals surface area contributed by atoms with Crippen LogP contribution in [0.5, 0.6) is 0 Å². The smallest absolute Gasteiger partial charge is 0.225 e. The molecule has 8 heteroatoms. The van der Waals surface area contributed by atoms with Crippen molar-refractivity contribution in [3.63, 3.8) is 0 Å². The maximum absolute atomic E-state index is 12.7. The second kappa shape index (κ2) is 7.33. The van der Waals surface area contributed by atoms with E-state index in [4.69, 9.17) is 0 Å². The number of aromatic nitrogens is 2. The molecule has 7 nitrogen and oxygen atoms in total. The first kappa shape index (κ1) is 19.7. The van der Waals surface area contributed by atoms with Crippen LogP contribution in [0, 0.1) is 5.92 Å². The standard InChI is InChI=1S/C17H27N5O2.ClH/c1-17(2,3)22-10-12(5-15(22)23)20-16(24)14-8-18-7-13(14)11-6-19-21(4)9-11;/h6,9,12-14,18H,5,7-8,10H2,1-4H3,(H,20,24);1H/t12?,13-,14+;/m1./s1. The molecule has 1 unspecified atom stereocenters. The van der Waals surface area contributed by atoms with Crippen LogP contribution in [-0.2, 0) is 16.6 Å². The van der Waals surface area contributed by atoms with Crippen molar-refractivity contribution in [2.24, 2.45) is 13.0 Å². The molecule has 2 saturated heterocycles. The Labute approximate surface area is 154 Å². The summed E-state index contributed by atoms with van der Waals surface area (Å²) in [7, 11) is 1.88. The fourth-order valence-electron chi connectivity index (χ4n) is 3.70. The van der Waals surface area contributed by atoms with Crippen LogP contribution in [0.1, 0.15) is 38.7 Å². The van der Waals surface area contributed by atoms with E-state index in [2.05, 4.69) is 15.7 Å². The SMILES string of the molecule is Cl.Cn1cc([C@H]2CNC[C@@H]2C(=O)NC2CC(=O)N(C(C)(C)C)C2)cn1. The van der Waals surface area contributed by atoms with Crippen LogP contribution in [-0.4, -0.2) is 57.7 Å². The Bertz CT molecular complexity index is 639. The lowest BCUT2D eigenvalue weighted by molar-refractivity contribution is -0.131. The van der Waals surface area contributed by atoms with Gasteiger partial charge < -0.3 is 15.5 Å². The van der Waals surface area contributed by atoms with Gasteiger partial charge in [-0.15, -0.1) is 12.4 Å². The molecular formula is C17H28ClN5O2. The minimum absolute atomic E-state index is 0. The maximum Gasteiger partial charge on any atom is 0.225 e. The predicted molar refractivity (Wildman–Crippen MR) is 97.6 cm³/mol. The van der Waals surface area contributed by atoms with E-state index >= 15 is 0 Å². The van der Waals surface area contributed by atoms with Crippen LogP contribution in [0.15, 0.2) is 12.4 Å². The number of nitrogens with one attached hydrogen (secondary N) is 2. The average Bonchev–Trinajstić information content (AvgIpc) is 3.16. The average molecular weight is 370 g/mol. The van der Waals surface area contributed by atoms with Gasteiger partial charge >= 0.3 is 0 Å². The second-order valence-corrected chi connectivity index (χ2v) is 7.90. The van der Waals surface area contributed by atoms with Gasteiger partial charge in [-0.25, -0.2) is 0 Å². The summed E-state index contributed by atoms with van der Waals surface area (Å²) >= 11 is 0. The van der Waals surface area contributed by atoms with E-state index in [1.165, 1.54) is 0 Å². The Balaban J connectivity index is 0.00000225. The first-order valence-corrected chi connectivity index (χ1v) is 8.56. The molecule has 0 bridgehead atoms. The van der Waals surface area contributed by atoms with Gasteiger partial charge in [0.05, 0.1) is 18.2 Å². The molecule has 1 aromatic heterocycles. The quantitative estimate of drug-likeness (QED) is 0.820. The Kier molecular flexibility index (Phi) is 5.79. The van der Waals surface area contributed by atoms with Gasteiger partial charge in [0.1, 0.15) is 0 Å². The Morgan fingerprint density at radius 1 is 1.36 bits per heavy atom. The molecule has 3 rings (SSSR count). The normalized spacial score (nSPS) is 26.6. The van der Waals surface area contributed by atoms with Crippen LogP contribution in [0.4, 0.5) is 0 Å². The first-order valence-electron chi connectivity index (χ1n) is 8.56. The number of rotatable bonds is 3. The molecule has 0 saturated carbocycles. The van der Waals surface area contributed by atoms with Crippen molar-refractivity contribution in [2.45, 2.75) is 44.7 Å². The molecule has 3 atom stereocenters. The van der Waals surface area contributed by atoms with E-state index in [1.807, 2.05) is 45.1 Å². The molecule has 2 aliphatic rings.